The molecule has 0 amide bonds. The van der Waals surface area contributed by atoms with Crippen molar-refractivity contribution in [3.63, 3.8) is 0 Å². The summed E-state index contributed by atoms with van der Waals surface area (Å²) in [6.45, 7) is 5.56. The maximum absolute atomic E-state index is 5.77. The van der Waals surface area contributed by atoms with Crippen molar-refractivity contribution in [1.29, 1.82) is 0 Å². The van der Waals surface area contributed by atoms with Crippen molar-refractivity contribution in [2.45, 2.75) is 31.8 Å². The van der Waals surface area contributed by atoms with Crippen molar-refractivity contribution in [1.82, 2.24) is 9.80 Å². The first kappa shape index (κ1) is 11.0. The Kier molecular flexibility index (Phi) is 4.16. The van der Waals surface area contributed by atoms with Crippen molar-refractivity contribution in [3.8, 4) is 0 Å². The normalized spacial score (nSPS) is 23.8. The second kappa shape index (κ2) is 4.94. The van der Waals surface area contributed by atoms with E-state index in [1.54, 1.807) is 0 Å². The Labute approximate surface area is 81.9 Å². The van der Waals surface area contributed by atoms with E-state index in [2.05, 4.69) is 30.8 Å². The topological polar surface area (TPSA) is 32.5 Å². The third-order valence-corrected chi connectivity index (χ3v) is 2.83. The minimum absolute atomic E-state index is 0.316. The van der Waals surface area contributed by atoms with Gasteiger partial charge in [0.05, 0.1) is 0 Å². The molecule has 0 aromatic carbocycles. The van der Waals surface area contributed by atoms with Gasteiger partial charge in [-0.1, -0.05) is 0 Å². The number of piperidine rings is 1. The van der Waals surface area contributed by atoms with Crippen LogP contribution in [0.5, 0.6) is 0 Å². The van der Waals surface area contributed by atoms with Crippen molar-refractivity contribution < 1.29 is 0 Å². The Hall–Kier alpha value is -0.120. The lowest BCUT2D eigenvalue weighted by Gasteiger charge is -2.35. The predicted octanol–water partition coefficient (Wildman–Crippen LogP) is 0.360. The molecule has 0 spiro atoms. The Morgan fingerprint density at radius 3 is 2.31 bits per heavy atom. The molecule has 1 unspecified atom stereocenters. The van der Waals surface area contributed by atoms with E-state index in [9.17, 15) is 0 Å². The van der Waals surface area contributed by atoms with Gasteiger partial charge in [0.25, 0.3) is 0 Å². The van der Waals surface area contributed by atoms with Gasteiger partial charge in [0.2, 0.25) is 0 Å². The summed E-state index contributed by atoms with van der Waals surface area (Å²) in [7, 11) is 4.35. The third-order valence-electron chi connectivity index (χ3n) is 2.83. The van der Waals surface area contributed by atoms with Crippen LogP contribution in [0.3, 0.4) is 0 Å². The fourth-order valence-electron chi connectivity index (χ4n) is 2.03. The van der Waals surface area contributed by atoms with E-state index >= 15 is 0 Å². The van der Waals surface area contributed by atoms with Crippen LogP contribution in [0.4, 0.5) is 0 Å². The molecule has 3 nitrogen and oxygen atoms in total. The molecule has 1 aliphatic heterocycles. The minimum Gasteiger partial charge on any atom is -0.327 e. The van der Waals surface area contributed by atoms with Gasteiger partial charge in [0.1, 0.15) is 0 Å². The second-order valence-electron chi connectivity index (χ2n) is 4.47. The Morgan fingerprint density at radius 1 is 1.38 bits per heavy atom. The molecule has 3 heteroatoms. The highest BCUT2D eigenvalue weighted by molar-refractivity contribution is 4.78. The van der Waals surface area contributed by atoms with Crippen LogP contribution >= 0.6 is 0 Å². The first-order valence-corrected chi connectivity index (χ1v) is 5.24. The molecule has 1 fully saturated rings. The van der Waals surface area contributed by atoms with E-state index in [0.717, 1.165) is 12.6 Å². The second-order valence-corrected chi connectivity index (χ2v) is 4.47. The highest BCUT2D eigenvalue weighted by atomic mass is 15.2. The lowest BCUT2D eigenvalue weighted by atomic mass is 10.0. The molecule has 2 N–H and O–H groups in total. The number of rotatable bonds is 3. The smallest absolute Gasteiger partial charge is 0.0139 e. The highest BCUT2D eigenvalue weighted by Crippen LogP contribution is 2.13. The monoisotopic (exact) mass is 185 g/mol. The summed E-state index contributed by atoms with van der Waals surface area (Å²) in [4.78, 5) is 4.81. The summed E-state index contributed by atoms with van der Waals surface area (Å²) in [5.74, 6) is 0. The largest absolute Gasteiger partial charge is 0.327 e. The van der Waals surface area contributed by atoms with Gasteiger partial charge in [-0.15, -0.1) is 0 Å². The number of hydrogen-bond donors (Lipinski definition) is 1. The summed E-state index contributed by atoms with van der Waals surface area (Å²) < 4.78 is 0. The summed E-state index contributed by atoms with van der Waals surface area (Å²) in [5.41, 5.74) is 5.77. The molecule has 78 valence electrons. The Bertz CT molecular complexity index is 137. The van der Waals surface area contributed by atoms with Crippen molar-refractivity contribution in [2.24, 2.45) is 5.73 Å². The fourth-order valence-corrected chi connectivity index (χ4v) is 2.03. The molecule has 1 aliphatic rings. The van der Waals surface area contributed by atoms with Crippen LogP contribution < -0.4 is 5.73 Å². The van der Waals surface area contributed by atoms with Crippen molar-refractivity contribution in [3.05, 3.63) is 0 Å². The minimum atomic E-state index is 0.316. The summed E-state index contributed by atoms with van der Waals surface area (Å²) in [6, 6.07) is 1.10. The molecule has 0 bridgehead atoms. The molecule has 1 atom stereocenters. The average molecular weight is 185 g/mol. The van der Waals surface area contributed by atoms with E-state index in [4.69, 9.17) is 5.73 Å². The van der Waals surface area contributed by atoms with Crippen molar-refractivity contribution in [2.75, 3.05) is 33.7 Å². The highest BCUT2D eigenvalue weighted by Gasteiger charge is 2.20. The molecule has 0 radical (unpaired) electrons. The zero-order valence-electron chi connectivity index (χ0n) is 9.16. The van der Waals surface area contributed by atoms with Crippen LogP contribution in [0.2, 0.25) is 0 Å². The average Bonchev–Trinajstić information content (AvgIpc) is 2.04. The molecule has 0 aliphatic carbocycles. The van der Waals surface area contributed by atoms with Crippen LogP contribution in [0.25, 0.3) is 0 Å². The van der Waals surface area contributed by atoms with Crippen LogP contribution in [0, 0.1) is 0 Å². The van der Waals surface area contributed by atoms with Crippen LogP contribution in [-0.4, -0.2) is 55.6 Å². The lowest BCUT2D eigenvalue weighted by Crippen LogP contribution is -2.45. The zero-order chi connectivity index (χ0) is 9.84. The lowest BCUT2D eigenvalue weighted by molar-refractivity contribution is 0.141. The quantitative estimate of drug-likeness (QED) is 0.689. The summed E-state index contributed by atoms with van der Waals surface area (Å²) in [6.07, 6.45) is 2.58. The number of nitrogens with zero attached hydrogens (tertiary/aromatic N) is 2. The molecule has 0 saturated carbocycles. The SMILES string of the molecule is CC(N)CN1CCC(N(C)C)CC1. The maximum Gasteiger partial charge on any atom is 0.0139 e. The molecular weight excluding hydrogens is 162 g/mol. The van der Waals surface area contributed by atoms with E-state index in [0.29, 0.717) is 6.04 Å². The molecular formula is C10H23N3. The molecule has 0 aromatic heterocycles. The fraction of sp³-hybridized carbons (Fsp3) is 1.00. The Balaban J connectivity index is 2.22. The first-order valence-electron chi connectivity index (χ1n) is 5.24. The van der Waals surface area contributed by atoms with Gasteiger partial charge in [-0.05, 0) is 47.0 Å². The van der Waals surface area contributed by atoms with Gasteiger partial charge in [0.15, 0.2) is 0 Å². The van der Waals surface area contributed by atoms with Gasteiger partial charge in [-0.25, -0.2) is 0 Å². The van der Waals surface area contributed by atoms with Gasteiger partial charge in [-0.2, -0.15) is 0 Å². The standard InChI is InChI=1S/C10H23N3/c1-9(11)8-13-6-4-10(5-7-13)12(2)3/h9-10H,4-8,11H2,1-3H3. The maximum atomic E-state index is 5.77. The predicted molar refractivity (Wildman–Crippen MR) is 56.8 cm³/mol. The van der Waals surface area contributed by atoms with Crippen LogP contribution in [0.1, 0.15) is 19.8 Å². The summed E-state index contributed by atoms with van der Waals surface area (Å²) >= 11 is 0. The van der Waals surface area contributed by atoms with E-state index < -0.39 is 0 Å². The summed E-state index contributed by atoms with van der Waals surface area (Å²) in [5, 5.41) is 0. The van der Waals surface area contributed by atoms with Crippen LogP contribution in [0.15, 0.2) is 0 Å². The van der Waals surface area contributed by atoms with Crippen LogP contribution in [-0.2, 0) is 0 Å². The third kappa shape index (κ3) is 3.63. The number of likely N-dealkylation sites (tertiary alicyclic amines) is 1. The van der Waals surface area contributed by atoms with E-state index in [1.807, 2.05) is 0 Å². The Morgan fingerprint density at radius 2 is 1.92 bits per heavy atom. The first-order chi connectivity index (χ1) is 6.09. The van der Waals surface area contributed by atoms with Crippen molar-refractivity contribution >= 4 is 0 Å². The number of nitrogens with two attached hydrogens (primary N) is 1. The van der Waals surface area contributed by atoms with E-state index in [-0.39, 0.29) is 0 Å². The molecule has 13 heavy (non-hydrogen) atoms. The molecule has 0 aromatic rings. The van der Waals surface area contributed by atoms with E-state index in [1.165, 1.54) is 25.9 Å². The molecule has 1 rings (SSSR count). The van der Waals surface area contributed by atoms with Gasteiger partial charge in [-0.3, -0.25) is 0 Å². The molecule has 1 saturated heterocycles. The van der Waals surface area contributed by atoms with Gasteiger partial charge >= 0.3 is 0 Å². The molecule has 1 heterocycles. The van der Waals surface area contributed by atoms with Gasteiger partial charge < -0.3 is 15.5 Å². The zero-order valence-corrected chi connectivity index (χ0v) is 9.16. The number of hydrogen-bond acceptors (Lipinski definition) is 3. The van der Waals surface area contributed by atoms with Gasteiger partial charge in [0, 0.05) is 18.6 Å².